The number of rotatable bonds is 5. The second-order valence-corrected chi connectivity index (χ2v) is 8.00. The van der Waals surface area contributed by atoms with Crippen LogP contribution in [0.5, 0.6) is 0 Å². The van der Waals surface area contributed by atoms with Crippen LogP contribution >= 0.6 is 23.1 Å². The number of benzene rings is 2. The predicted octanol–water partition coefficient (Wildman–Crippen LogP) is 3.76. The molecule has 29 heavy (non-hydrogen) atoms. The molecule has 2 aromatic carbocycles. The zero-order chi connectivity index (χ0) is 19.6. The Labute approximate surface area is 172 Å². The van der Waals surface area contributed by atoms with E-state index in [2.05, 4.69) is 35.7 Å². The summed E-state index contributed by atoms with van der Waals surface area (Å²) in [4.78, 5) is 19.9. The van der Waals surface area contributed by atoms with Crippen LogP contribution < -0.4 is 5.32 Å². The Morgan fingerprint density at radius 2 is 1.83 bits per heavy atom. The topological polar surface area (TPSA) is 109 Å². The Hall–Kier alpha value is -3.37. The maximum Gasteiger partial charge on any atom is 0.236 e. The summed E-state index contributed by atoms with van der Waals surface area (Å²) in [6, 6.07) is 17.5. The highest BCUT2D eigenvalue weighted by Gasteiger charge is 2.13. The van der Waals surface area contributed by atoms with Gasteiger partial charge < -0.3 is 4.98 Å². The van der Waals surface area contributed by atoms with Crippen LogP contribution in [0.3, 0.4) is 0 Å². The lowest BCUT2D eigenvalue weighted by molar-refractivity contribution is -0.113. The van der Waals surface area contributed by atoms with Crippen molar-refractivity contribution in [1.29, 1.82) is 0 Å². The van der Waals surface area contributed by atoms with Gasteiger partial charge in [-0.15, -0.1) is 20.4 Å². The Bertz CT molecular complexity index is 1320. The molecule has 0 fully saturated rings. The molecule has 0 atom stereocenters. The first-order valence-electron chi connectivity index (χ1n) is 8.69. The van der Waals surface area contributed by atoms with Crippen LogP contribution in [0.1, 0.15) is 0 Å². The van der Waals surface area contributed by atoms with Crippen molar-refractivity contribution in [1.82, 2.24) is 30.4 Å². The number of aromatic amines is 1. The van der Waals surface area contributed by atoms with E-state index in [0.29, 0.717) is 15.9 Å². The molecule has 1 amide bonds. The molecule has 5 rings (SSSR count). The molecule has 0 spiro atoms. The average molecular weight is 419 g/mol. The van der Waals surface area contributed by atoms with Gasteiger partial charge >= 0.3 is 0 Å². The minimum Gasteiger partial charge on any atom is -0.338 e. The molecule has 10 heteroatoms. The number of carbonyl (C=O) groups excluding carboxylic acids is 1. The number of H-pyrrole nitrogens is 1. The highest BCUT2D eigenvalue weighted by Crippen LogP contribution is 2.26. The third kappa shape index (κ3) is 3.67. The summed E-state index contributed by atoms with van der Waals surface area (Å²) in [6.07, 6.45) is 0. The molecule has 0 saturated heterocycles. The third-order valence-electron chi connectivity index (χ3n) is 4.13. The number of fused-ring (bicyclic) bond motifs is 3. The molecule has 2 N–H and O–H groups in total. The van der Waals surface area contributed by atoms with Crippen LogP contribution in [0, 0.1) is 0 Å². The van der Waals surface area contributed by atoms with E-state index in [-0.39, 0.29) is 11.7 Å². The SMILES string of the molecule is O=C(CSc1nnc2c(n1)[nH]c1ccccc12)Nc1nnc(-c2ccccc2)s1. The van der Waals surface area contributed by atoms with Gasteiger partial charge in [0.1, 0.15) is 10.5 Å². The van der Waals surface area contributed by atoms with Crippen LogP contribution in [0.15, 0.2) is 59.8 Å². The summed E-state index contributed by atoms with van der Waals surface area (Å²) in [7, 11) is 0. The Balaban J connectivity index is 1.25. The predicted molar refractivity (Wildman–Crippen MR) is 114 cm³/mol. The van der Waals surface area contributed by atoms with Crippen molar-refractivity contribution in [3.05, 3.63) is 54.6 Å². The van der Waals surface area contributed by atoms with Gasteiger partial charge in [0, 0.05) is 16.5 Å². The number of anilines is 1. The van der Waals surface area contributed by atoms with E-state index in [1.54, 1.807) is 0 Å². The second-order valence-electron chi connectivity index (χ2n) is 6.08. The number of hydrogen-bond donors (Lipinski definition) is 2. The van der Waals surface area contributed by atoms with Crippen LogP contribution in [-0.2, 0) is 4.79 Å². The number of carbonyl (C=O) groups is 1. The van der Waals surface area contributed by atoms with Gasteiger partial charge in [-0.1, -0.05) is 71.6 Å². The van der Waals surface area contributed by atoms with Crippen molar-refractivity contribution in [3.63, 3.8) is 0 Å². The van der Waals surface area contributed by atoms with Gasteiger partial charge in [0.15, 0.2) is 5.65 Å². The molecule has 0 radical (unpaired) electrons. The fourth-order valence-corrected chi connectivity index (χ4v) is 4.18. The molecule has 3 heterocycles. The number of amides is 1. The van der Waals surface area contributed by atoms with Crippen molar-refractivity contribution in [2.45, 2.75) is 5.16 Å². The normalized spacial score (nSPS) is 11.2. The van der Waals surface area contributed by atoms with Gasteiger partial charge in [-0.05, 0) is 6.07 Å². The van der Waals surface area contributed by atoms with Crippen LogP contribution in [-0.4, -0.2) is 42.0 Å². The lowest BCUT2D eigenvalue weighted by Crippen LogP contribution is -2.14. The first-order chi connectivity index (χ1) is 14.3. The molecule has 5 aromatic rings. The van der Waals surface area contributed by atoms with Gasteiger partial charge in [-0.2, -0.15) is 0 Å². The third-order valence-corrected chi connectivity index (χ3v) is 5.85. The Morgan fingerprint density at radius 1 is 1.00 bits per heavy atom. The Morgan fingerprint density at radius 3 is 2.72 bits per heavy atom. The van der Waals surface area contributed by atoms with Crippen molar-refractivity contribution in [2.75, 3.05) is 11.1 Å². The van der Waals surface area contributed by atoms with Crippen LogP contribution in [0.2, 0.25) is 0 Å². The molecule has 0 aliphatic carbocycles. The summed E-state index contributed by atoms with van der Waals surface area (Å²) in [6.45, 7) is 0. The van der Waals surface area contributed by atoms with Crippen LogP contribution in [0.25, 0.3) is 32.6 Å². The molecule has 0 saturated carbocycles. The zero-order valence-electron chi connectivity index (χ0n) is 14.9. The largest absolute Gasteiger partial charge is 0.338 e. The van der Waals surface area contributed by atoms with Gasteiger partial charge in [0.2, 0.25) is 16.2 Å². The number of nitrogens with zero attached hydrogens (tertiary/aromatic N) is 5. The summed E-state index contributed by atoms with van der Waals surface area (Å²) in [5.41, 5.74) is 3.29. The highest BCUT2D eigenvalue weighted by molar-refractivity contribution is 7.99. The minimum absolute atomic E-state index is 0.146. The quantitative estimate of drug-likeness (QED) is 0.418. The van der Waals surface area contributed by atoms with E-state index in [9.17, 15) is 4.79 Å². The van der Waals surface area contributed by atoms with Crippen molar-refractivity contribution in [2.24, 2.45) is 0 Å². The van der Waals surface area contributed by atoms with Gasteiger partial charge in [0.05, 0.1) is 5.75 Å². The summed E-state index contributed by atoms with van der Waals surface area (Å²) < 4.78 is 0. The van der Waals surface area contributed by atoms with E-state index < -0.39 is 0 Å². The van der Waals surface area contributed by atoms with Gasteiger partial charge in [-0.3, -0.25) is 10.1 Å². The lowest BCUT2D eigenvalue weighted by atomic mass is 10.2. The number of nitrogens with one attached hydrogen (secondary N) is 2. The van der Waals surface area contributed by atoms with E-state index in [1.165, 1.54) is 23.1 Å². The van der Waals surface area contributed by atoms with E-state index in [0.717, 1.165) is 27.0 Å². The summed E-state index contributed by atoms with van der Waals surface area (Å²) in [5, 5.41) is 21.9. The molecule has 8 nitrogen and oxygen atoms in total. The summed E-state index contributed by atoms with van der Waals surface area (Å²) in [5.74, 6) is -0.0562. The van der Waals surface area contributed by atoms with E-state index in [4.69, 9.17) is 0 Å². The number of hydrogen-bond acceptors (Lipinski definition) is 8. The first kappa shape index (κ1) is 17.7. The monoisotopic (exact) mass is 419 g/mol. The lowest BCUT2D eigenvalue weighted by Gasteiger charge is -2.00. The standard InChI is InChI=1S/C19H13N7OS2/c27-14(21-19-26-24-17(29-19)11-6-2-1-3-7-11)10-28-18-22-16-15(23-25-18)12-8-4-5-9-13(12)20-16/h1-9H,10H2,(H,20,22,25)(H,21,26,27). The average Bonchev–Trinajstić information content (AvgIpc) is 3.37. The van der Waals surface area contributed by atoms with Crippen LogP contribution in [0.4, 0.5) is 5.13 Å². The van der Waals surface area contributed by atoms with E-state index in [1.807, 2.05) is 54.6 Å². The minimum atomic E-state index is -0.203. The number of para-hydroxylation sites is 1. The molecular weight excluding hydrogens is 406 g/mol. The fourth-order valence-electron chi connectivity index (χ4n) is 2.82. The maximum atomic E-state index is 12.3. The number of aromatic nitrogens is 6. The molecule has 0 aliphatic rings. The zero-order valence-corrected chi connectivity index (χ0v) is 16.5. The molecule has 0 bridgehead atoms. The fraction of sp³-hybridized carbons (Fsp3) is 0.0526. The number of thioether (sulfide) groups is 1. The second kappa shape index (κ2) is 7.57. The van der Waals surface area contributed by atoms with Gasteiger partial charge in [0.25, 0.3) is 0 Å². The first-order valence-corrected chi connectivity index (χ1v) is 10.5. The molecule has 0 aliphatic heterocycles. The Kier molecular flexibility index (Phi) is 4.62. The van der Waals surface area contributed by atoms with Crippen molar-refractivity contribution in [3.8, 4) is 10.6 Å². The maximum absolute atomic E-state index is 12.3. The smallest absolute Gasteiger partial charge is 0.236 e. The molecule has 3 aromatic heterocycles. The molecule has 0 unspecified atom stereocenters. The summed E-state index contributed by atoms with van der Waals surface area (Å²) >= 11 is 2.54. The molecular formula is C19H13N7OS2. The molecule has 142 valence electrons. The van der Waals surface area contributed by atoms with Crippen molar-refractivity contribution < 1.29 is 4.79 Å². The van der Waals surface area contributed by atoms with E-state index >= 15 is 0 Å². The highest BCUT2D eigenvalue weighted by atomic mass is 32.2. The van der Waals surface area contributed by atoms with Gasteiger partial charge in [-0.25, -0.2) is 4.98 Å². The van der Waals surface area contributed by atoms with Crippen molar-refractivity contribution >= 4 is 56.2 Å².